The Hall–Kier alpha value is -1.46. The number of nitrogens with one attached hydrogen (secondary N) is 2. The zero-order valence-corrected chi connectivity index (χ0v) is 14.1. The number of hydrogen-bond donors (Lipinski definition) is 2. The first-order valence-electron chi connectivity index (χ1n) is 7.82. The smallest absolute Gasteiger partial charge is 0.315 e. The number of nitrogens with zero attached hydrogens (tertiary/aromatic N) is 2. The van der Waals surface area contributed by atoms with Gasteiger partial charge in [0.2, 0.25) is 0 Å². The van der Waals surface area contributed by atoms with Gasteiger partial charge in [0.25, 0.3) is 0 Å². The van der Waals surface area contributed by atoms with Crippen LogP contribution in [0, 0.1) is 0 Å². The highest BCUT2D eigenvalue weighted by Gasteiger charge is 2.16. The maximum absolute atomic E-state index is 11.5. The van der Waals surface area contributed by atoms with E-state index in [9.17, 15) is 4.79 Å². The number of amides is 2. The number of halogens is 1. The molecule has 1 aromatic carbocycles. The molecule has 1 aliphatic heterocycles. The van der Waals surface area contributed by atoms with Crippen LogP contribution in [0.4, 0.5) is 10.5 Å². The van der Waals surface area contributed by atoms with E-state index in [1.165, 1.54) is 5.69 Å². The van der Waals surface area contributed by atoms with Crippen molar-refractivity contribution in [3.63, 3.8) is 0 Å². The fraction of sp³-hybridized carbons (Fsp3) is 0.562. The van der Waals surface area contributed by atoms with E-state index in [1.807, 2.05) is 26.0 Å². The Balaban J connectivity index is 1.67. The molecule has 1 saturated heterocycles. The molecule has 1 aromatic rings. The molecule has 22 heavy (non-hydrogen) atoms. The first-order chi connectivity index (χ1) is 10.5. The summed E-state index contributed by atoms with van der Waals surface area (Å²) in [6.45, 7) is 9.50. The van der Waals surface area contributed by atoms with Crippen LogP contribution in [0.25, 0.3) is 0 Å². The zero-order chi connectivity index (χ0) is 15.9. The van der Waals surface area contributed by atoms with E-state index in [0.717, 1.165) is 37.7 Å². The van der Waals surface area contributed by atoms with Gasteiger partial charge in [-0.05, 0) is 38.1 Å². The highest BCUT2D eigenvalue weighted by molar-refractivity contribution is 6.30. The Morgan fingerprint density at radius 3 is 2.41 bits per heavy atom. The van der Waals surface area contributed by atoms with Crippen molar-refractivity contribution in [2.24, 2.45) is 0 Å². The van der Waals surface area contributed by atoms with Crippen molar-refractivity contribution in [2.75, 3.05) is 44.2 Å². The summed E-state index contributed by atoms with van der Waals surface area (Å²) in [5.41, 5.74) is 1.22. The van der Waals surface area contributed by atoms with Crippen LogP contribution >= 0.6 is 11.6 Å². The van der Waals surface area contributed by atoms with Crippen LogP contribution < -0.4 is 15.5 Å². The summed E-state index contributed by atoms with van der Waals surface area (Å²) < 4.78 is 0. The molecule has 2 N–H and O–H groups in total. The van der Waals surface area contributed by atoms with Gasteiger partial charge in [0.1, 0.15) is 0 Å². The van der Waals surface area contributed by atoms with Crippen LogP contribution in [-0.4, -0.2) is 56.2 Å². The van der Waals surface area contributed by atoms with Gasteiger partial charge in [-0.2, -0.15) is 0 Å². The summed E-state index contributed by atoms with van der Waals surface area (Å²) in [6.07, 6.45) is 0. The predicted octanol–water partition coefficient (Wildman–Crippen LogP) is 2.17. The minimum absolute atomic E-state index is 0.0881. The van der Waals surface area contributed by atoms with E-state index in [-0.39, 0.29) is 12.1 Å². The molecule has 0 atom stereocenters. The highest BCUT2D eigenvalue weighted by Crippen LogP contribution is 2.19. The van der Waals surface area contributed by atoms with E-state index < -0.39 is 0 Å². The van der Waals surface area contributed by atoms with Crippen LogP contribution in [0.2, 0.25) is 5.02 Å². The molecule has 2 rings (SSSR count). The van der Waals surface area contributed by atoms with Gasteiger partial charge >= 0.3 is 6.03 Å². The second-order valence-electron chi connectivity index (χ2n) is 5.86. The lowest BCUT2D eigenvalue weighted by Gasteiger charge is -2.36. The Kier molecular flexibility index (Phi) is 6.34. The quantitative estimate of drug-likeness (QED) is 0.872. The Morgan fingerprint density at radius 1 is 1.18 bits per heavy atom. The molecule has 0 saturated carbocycles. The van der Waals surface area contributed by atoms with Gasteiger partial charge < -0.3 is 15.5 Å². The summed E-state index contributed by atoms with van der Waals surface area (Å²) >= 11 is 5.92. The van der Waals surface area contributed by atoms with E-state index >= 15 is 0 Å². The van der Waals surface area contributed by atoms with Crippen molar-refractivity contribution in [2.45, 2.75) is 19.9 Å². The third kappa shape index (κ3) is 5.39. The van der Waals surface area contributed by atoms with Gasteiger partial charge in [-0.25, -0.2) is 4.79 Å². The van der Waals surface area contributed by atoms with Crippen LogP contribution in [0.15, 0.2) is 24.3 Å². The monoisotopic (exact) mass is 324 g/mol. The molecule has 1 aliphatic rings. The van der Waals surface area contributed by atoms with Gasteiger partial charge in [-0.15, -0.1) is 0 Å². The standard InChI is InChI=1S/C16H25ClN4O/c1-13(2)19-16(22)18-7-8-20-9-11-21(12-10-20)15-5-3-14(17)4-6-15/h3-6,13H,7-12H2,1-2H3,(H2,18,19,22). The van der Waals surface area contributed by atoms with Gasteiger partial charge in [-0.3, -0.25) is 4.90 Å². The van der Waals surface area contributed by atoms with Crippen molar-refractivity contribution < 1.29 is 4.79 Å². The number of urea groups is 1. The summed E-state index contributed by atoms with van der Waals surface area (Å²) in [7, 11) is 0. The first kappa shape index (κ1) is 16.9. The molecule has 2 amide bonds. The molecule has 0 spiro atoms. The molecule has 0 aliphatic carbocycles. The number of rotatable bonds is 5. The molecule has 6 heteroatoms. The largest absolute Gasteiger partial charge is 0.369 e. The minimum atomic E-state index is -0.0881. The molecule has 122 valence electrons. The molecule has 1 heterocycles. The summed E-state index contributed by atoms with van der Waals surface area (Å²) in [5.74, 6) is 0. The Labute approximate surface area is 137 Å². The number of piperazine rings is 1. The van der Waals surface area contributed by atoms with Crippen molar-refractivity contribution in [3.8, 4) is 0 Å². The van der Waals surface area contributed by atoms with Crippen molar-refractivity contribution in [3.05, 3.63) is 29.3 Å². The van der Waals surface area contributed by atoms with E-state index in [0.29, 0.717) is 6.54 Å². The van der Waals surface area contributed by atoms with Gasteiger partial charge in [0.15, 0.2) is 0 Å². The van der Waals surface area contributed by atoms with E-state index in [2.05, 4.69) is 32.6 Å². The number of carbonyl (C=O) groups excluding carboxylic acids is 1. The number of hydrogen-bond acceptors (Lipinski definition) is 3. The molecular formula is C16H25ClN4O. The second kappa shape index (κ2) is 8.25. The van der Waals surface area contributed by atoms with Crippen LogP contribution in [0.3, 0.4) is 0 Å². The van der Waals surface area contributed by atoms with E-state index in [4.69, 9.17) is 11.6 Å². The minimum Gasteiger partial charge on any atom is -0.369 e. The molecule has 0 bridgehead atoms. The lowest BCUT2D eigenvalue weighted by atomic mass is 10.2. The average molecular weight is 325 g/mol. The number of anilines is 1. The number of benzene rings is 1. The normalized spacial score (nSPS) is 15.9. The SMILES string of the molecule is CC(C)NC(=O)NCCN1CCN(c2ccc(Cl)cc2)CC1. The lowest BCUT2D eigenvalue weighted by molar-refractivity contribution is 0.230. The second-order valence-corrected chi connectivity index (χ2v) is 6.30. The maximum Gasteiger partial charge on any atom is 0.315 e. The van der Waals surface area contributed by atoms with Crippen LogP contribution in [0.5, 0.6) is 0 Å². The van der Waals surface area contributed by atoms with Crippen molar-refractivity contribution >= 4 is 23.3 Å². The van der Waals surface area contributed by atoms with Gasteiger partial charge in [-0.1, -0.05) is 11.6 Å². The molecule has 1 fully saturated rings. The Morgan fingerprint density at radius 2 is 1.82 bits per heavy atom. The highest BCUT2D eigenvalue weighted by atomic mass is 35.5. The third-order valence-corrected chi connectivity index (χ3v) is 3.95. The molecular weight excluding hydrogens is 300 g/mol. The summed E-state index contributed by atoms with van der Waals surface area (Å²) in [4.78, 5) is 16.2. The van der Waals surface area contributed by atoms with Gasteiger partial charge in [0.05, 0.1) is 0 Å². The summed E-state index contributed by atoms with van der Waals surface area (Å²) in [6, 6.07) is 8.07. The van der Waals surface area contributed by atoms with Gasteiger partial charge in [0, 0.05) is 56.0 Å². The molecule has 0 unspecified atom stereocenters. The third-order valence-electron chi connectivity index (χ3n) is 3.70. The fourth-order valence-electron chi connectivity index (χ4n) is 2.52. The fourth-order valence-corrected chi connectivity index (χ4v) is 2.65. The number of carbonyl (C=O) groups is 1. The lowest BCUT2D eigenvalue weighted by Crippen LogP contribution is -2.49. The topological polar surface area (TPSA) is 47.6 Å². The Bertz CT molecular complexity index is 470. The first-order valence-corrected chi connectivity index (χ1v) is 8.19. The predicted molar refractivity (Wildman–Crippen MR) is 91.8 cm³/mol. The summed E-state index contributed by atoms with van der Waals surface area (Å²) in [5, 5.41) is 6.49. The van der Waals surface area contributed by atoms with Crippen LogP contribution in [-0.2, 0) is 0 Å². The molecule has 5 nitrogen and oxygen atoms in total. The maximum atomic E-state index is 11.5. The average Bonchev–Trinajstić information content (AvgIpc) is 2.48. The molecule has 0 radical (unpaired) electrons. The zero-order valence-electron chi connectivity index (χ0n) is 13.3. The van der Waals surface area contributed by atoms with Crippen molar-refractivity contribution in [1.82, 2.24) is 15.5 Å². The molecule has 0 aromatic heterocycles. The van der Waals surface area contributed by atoms with E-state index in [1.54, 1.807) is 0 Å². The van der Waals surface area contributed by atoms with Crippen LogP contribution in [0.1, 0.15) is 13.8 Å². The van der Waals surface area contributed by atoms with Crippen molar-refractivity contribution in [1.29, 1.82) is 0 Å².